The van der Waals surface area contributed by atoms with Gasteiger partial charge in [-0.3, -0.25) is 4.79 Å². The molecule has 0 aromatic heterocycles. The van der Waals surface area contributed by atoms with Crippen LogP contribution in [0.25, 0.3) is 0 Å². The Morgan fingerprint density at radius 2 is 1.65 bits per heavy atom. The smallest absolute Gasteiger partial charge is 0.195 e. The van der Waals surface area contributed by atoms with Crippen LogP contribution in [-0.4, -0.2) is 37.4 Å². The van der Waals surface area contributed by atoms with Crippen molar-refractivity contribution in [3.05, 3.63) is 58.7 Å². The minimum atomic E-state index is -1.45. The summed E-state index contributed by atoms with van der Waals surface area (Å²) in [5, 5.41) is 49.3. The van der Waals surface area contributed by atoms with Gasteiger partial charge in [-0.1, -0.05) is 17.7 Å². The molecule has 0 spiro atoms. The maximum absolute atomic E-state index is 12.5. The van der Waals surface area contributed by atoms with Gasteiger partial charge in [0, 0.05) is 12.0 Å². The van der Waals surface area contributed by atoms with Gasteiger partial charge in [0.05, 0.1) is 5.56 Å². The maximum Gasteiger partial charge on any atom is 0.195 e. The minimum absolute atomic E-state index is 0.0875. The van der Waals surface area contributed by atoms with Crippen LogP contribution < -0.4 is 0 Å². The Morgan fingerprint density at radius 3 is 2.27 bits per heavy atom. The number of ketones is 1. The number of Topliss-reactive ketones (excluding diaryl/α,β-unsaturated/α-hetero) is 1. The number of rotatable bonds is 6. The van der Waals surface area contributed by atoms with Crippen LogP contribution in [0.4, 0.5) is 0 Å². The molecule has 0 aliphatic carbocycles. The molecule has 2 rings (SSSR count). The van der Waals surface area contributed by atoms with E-state index in [0.29, 0.717) is 5.56 Å². The molecule has 138 valence electrons. The van der Waals surface area contributed by atoms with Crippen molar-refractivity contribution in [2.24, 2.45) is 0 Å². The van der Waals surface area contributed by atoms with E-state index in [2.05, 4.69) is 0 Å². The Bertz CT molecular complexity index is 850. The number of hydrogen-bond acceptors (Lipinski definition) is 6. The zero-order valence-electron chi connectivity index (χ0n) is 14.6. The number of phenolic OH excluding ortho intramolecular Hbond substituents is 4. The van der Waals surface area contributed by atoms with Crippen molar-refractivity contribution in [2.45, 2.75) is 32.8 Å². The molecule has 0 aliphatic rings. The number of allylic oxidation sites excluding steroid dienone is 2. The average molecular weight is 358 g/mol. The largest absolute Gasteiger partial charge is 0.508 e. The van der Waals surface area contributed by atoms with Gasteiger partial charge in [-0.05, 0) is 50.1 Å². The Balaban J connectivity index is 2.26. The van der Waals surface area contributed by atoms with E-state index in [1.165, 1.54) is 30.3 Å². The van der Waals surface area contributed by atoms with Crippen molar-refractivity contribution in [3.8, 4) is 23.0 Å². The second kappa shape index (κ2) is 7.93. The molecule has 6 heteroatoms. The molecule has 0 bridgehead atoms. The SMILES string of the molecule is CC(C)=CCc1c(O)ccc(C(=O)[C@H](O)Cc2ccc(O)c(O)c2)c1O. The lowest BCUT2D eigenvalue weighted by Crippen LogP contribution is -2.23. The Kier molecular flexibility index (Phi) is 5.90. The highest BCUT2D eigenvalue weighted by Gasteiger charge is 2.23. The number of aliphatic hydroxyl groups excluding tert-OH is 1. The molecule has 0 aliphatic heterocycles. The highest BCUT2D eigenvalue weighted by Crippen LogP contribution is 2.33. The summed E-state index contributed by atoms with van der Waals surface area (Å²) in [6.07, 6.45) is 0.503. The molecule has 0 radical (unpaired) electrons. The van der Waals surface area contributed by atoms with E-state index in [0.717, 1.165) is 5.57 Å². The highest BCUT2D eigenvalue weighted by atomic mass is 16.3. The Morgan fingerprint density at radius 1 is 1.00 bits per heavy atom. The van der Waals surface area contributed by atoms with Crippen molar-refractivity contribution < 1.29 is 30.3 Å². The molecular weight excluding hydrogens is 336 g/mol. The third-order valence-electron chi connectivity index (χ3n) is 4.01. The molecule has 0 saturated heterocycles. The van der Waals surface area contributed by atoms with Gasteiger partial charge in [0.15, 0.2) is 17.3 Å². The second-order valence-electron chi connectivity index (χ2n) is 6.35. The van der Waals surface area contributed by atoms with Gasteiger partial charge >= 0.3 is 0 Å². The lowest BCUT2D eigenvalue weighted by atomic mass is 9.96. The van der Waals surface area contributed by atoms with Crippen molar-refractivity contribution >= 4 is 5.78 Å². The molecule has 0 heterocycles. The number of benzene rings is 2. The fourth-order valence-corrected chi connectivity index (χ4v) is 2.52. The van der Waals surface area contributed by atoms with Gasteiger partial charge in [-0.2, -0.15) is 0 Å². The standard InChI is InChI=1S/C20H22O6/c1-11(2)3-5-13-15(21)8-6-14(19(13)25)20(26)18(24)10-12-4-7-16(22)17(23)9-12/h3-4,6-9,18,21-25H,5,10H2,1-2H3/t18-/m1/s1. The summed E-state index contributed by atoms with van der Waals surface area (Å²) in [6.45, 7) is 3.75. The van der Waals surface area contributed by atoms with Crippen molar-refractivity contribution in [2.75, 3.05) is 0 Å². The predicted octanol–water partition coefficient (Wildman–Crippen LogP) is 2.80. The summed E-state index contributed by atoms with van der Waals surface area (Å²) in [7, 11) is 0. The van der Waals surface area contributed by atoms with Crippen molar-refractivity contribution in [1.29, 1.82) is 0 Å². The van der Waals surface area contributed by atoms with Gasteiger partial charge in [-0.15, -0.1) is 0 Å². The van der Waals surface area contributed by atoms with Crippen molar-refractivity contribution in [1.82, 2.24) is 0 Å². The number of carbonyl (C=O) groups is 1. The van der Waals surface area contributed by atoms with Crippen LogP contribution in [0.2, 0.25) is 0 Å². The summed E-state index contributed by atoms with van der Waals surface area (Å²) in [6, 6.07) is 6.55. The van der Waals surface area contributed by atoms with E-state index in [-0.39, 0.29) is 47.0 Å². The average Bonchev–Trinajstić information content (AvgIpc) is 2.57. The van der Waals surface area contributed by atoms with Gasteiger partial charge < -0.3 is 25.5 Å². The van der Waals surface area contributed by atoms with Gasteiger partial charge in [-0.25, -0.2) is 0 Å². The normalized spacial score (nSPS) is 11.8. The van der Waals surface area contributed by atoms with E-state index in [9.17, 15) is 30.3 Å². The molecular formula is C20H22O6. The van der Waals surface area contributed by atoms with Gasteiger partial charge in [0.1, 0.15) is 17.6 Å². The number of aliphatic hydroxyl groups is 1. The summed E-state index contributed by atoms with van der Waals surface area (Å²) in [5.41, 5.74) is 1.57. The molecule has 1 atom stereocenters. The zero-order valence-corrected chi connectivity index (χ0v) is 14.6. The molecule has 0 amide bonds. The number of carbonyl (C=O) groups excluding carboxylic acids is 1. The van der Waals surface area contributed by atoms with Crippen LogP contribution in [-0.2, 0) is 12.8 Å². The van der Waals surface area contributed by atoms with E-state index in [1.807, 2.05) is 13.8 Å². The second-order valence-corrected chi connectivity index (χ2v) is 6.35. The Hall–Kier alpha value is -2.99. The highest BCUT2D eigenvalue weighted by molar-refractivity contribution is 6.02. The minimum Gasteiger partial charge on any atom is -0.508 e. The number of hydrogen-bond donors (Lipinski definition) is 5. The van der Waals surface area contributed by atoms with E-state index in [4.69, 9.17) is 0 Å². The summed E-state index contributed by atoms with van der Waals surface area (Å²) in [5.74, 6) is -1.84. The lowest BCUT2D eigenvalue weighted by molar-refractivity contribution is 0.0744. The molecule has 0 unspecified atom stereocenters. The molecule has 6 nitrogen and oxygen atoms in total. The molecule has 2 aromatic carbocycles. The first-order valence-corrected chi connectivity index (χ1v) is 8.11. The van der Waals surface area contributed by atoms with Crippen LogP contribution in [0.3, 0.4) is 0 Å². The quantitative estimate of drug-likeness (QED) is 0.308. The monoisotopic (exact) mass is 358 g/mol. The third kappa shape index (κ3) is 4.34. The van der Waals surface area contributed by atoms with Crippen LogP contribution in [0.1, 0.15) is 35.3 Å². The van der Waals surface area contributed by atoms with E-state index in [1.54, 1.807) is 6.08 Å². The van der Waals surface area contributed by atoms with Crippen molar-refractivity contribution in [3.63, 3.8) is 0 Å². The van der Waals surface area contributed by atoms with E-state index < -0.39 is 11.9 Å². The Labute approximate surface area is 151 Å². The zero-order chi connectivity index (χ0) is 19.4. The van der Waals surface area contributed by atoms with Crippen LogP contribution in [0.15, 0.2) is 42.0 Å². The first-order valence-electron chi connectivity index (χ1n) is 8.11. The first-order chi connectivity index (χ1) is 12.2. The number of phenols is 4. The number of aromatic hydroxyl groups is 4. The molecule has 26 heavy (non-hydrogen) atoms. The predicted molar refractivity (Wildman–Crippen MR) is 96.7 cm³/mol. The van der Waals surface area contributed by atoms with Crippen LogP contribution >= 0.6 is 0 Å². The van der Waals surface area contributed by atoms with E-state index >= 15 is 0 Å². The fraction of sp³-hybridized carbons (Fsp3) is 0.250. The molecule has 2 aromatic rings. The molecule has 0 fully saturated rings. The fourth-order valence-electron chi connectivity index (χ4n) is 2.52. The van der Waals surface area contributed by atoms with Gasteiger partial charge in [0.25, 0.3) is 0 Å². The summed E-state index contributed by atoms with van der Waals surface area (Å²) < 4.78 is 0. The van der Waals surface area contributed by atoms with Gasteiger partial charge in [0.2, 0.25) is 0 Å². The molecule has 5 N–H and O–H groups in total. The van der Waals surface area contributed by atoms with Crippen LogP contribution in [0, 0.1) is 0 Å². The van der Waals surface area contributed by atoms with Crippen LogP contribution in [0.5, 0.6) is 23.0 Å². The maximum atomic E-state index is 12.5. The lowest BCUT2D eigenvalue weighted by Gasteiger charge is -2.14. The molecule has 0 saturated carbocycles. The first kappa shape index (κ1) is 19.3. The third-order valence-corrected chi connectivity index (χ3v) is 4.01. The summed E-state index contributed by atoms with van der Waals surface area (Å²) >= 11 is 0. The topological polar surface area (TPSA) is 118 Å². The summed E-state index contributed by atoms with van der Waals surface area (Å²) in [4.78, 5) is 12.5.